The summed E-state index contributed by atoms with van der Waals surface area (Å²) < 4.78 is 4.95. The van der Waals surface area contributed by atoms with Crippen LogP contribution in [-0.4, -0.2) is 31.7 Å². The van der Waals surface area contributed by atoms with Crippen LogP contribution in [0.5, 0.6) is 0 Å². The summed E-state index contributed by atoms with van der Waals surface area (Å²) in [5, 5.41) is 2.83. The van der Waals surface area contributed by atoms with Crippen molar-refractivity contribution < 1.29 is 9.53 Å². The molecule has 0 rings (SSSR count). The van der Waals surface area contributed by atoms with Crippen molar-refractivity contribution >= 4 is 5.91 Å². The van der Waals surface area contributed by atoms with Crippen LogP contribution < -0.4 is 11.1 Å². The maximum Gasteiger partial charge on any atom is 0.237 e. The first-order chi connectivity index (χ1) is 6.15. The standard InChI is InChI=1S/C9H20N2O2/c1-4-7(6-13-3)11-9(12)8(10)5-2/h7-8H,4-6,10H2,1-3H3,(H,11,12). The van der Waals surface area contributed by atoms with Crippen LogP contribution in [-0.2, 0) is 9.53 Å². The highest BCUT2D eigenvalue weighted by Crippen LogP contribution is 1.93. The Kier molecular flexibility index (Phi) is 6.54. The van der Waals surface area contributed by atoms with Crippen LogP contribution >= 0.6 is 0 Å². The Bertz CT molecular complexity index is 151. The van der Waals surface area contributed by atoms with Crippen LogP contribution in [0.15, 0.2) is 0 Å². The fourth-order valence-electron chi connectivity index (χ4n) is 0.956. The van der Waals surface area contributed by atoms with E-state index >= 15 is 0 Å². The number of hydrogen-bond donors (Lipinski definition) is 2. The van der Waals surface area contributed by atoms with E-state index in [4.69, 9.17) is 10.5 Å². The molecule has 0 bridgehead atoms. The number of hydrogen-bond acceptors (Lipinski definition) is 3. The molecule has 0 saturated heterocycles. The summed E-state index contributed by atoms with van der Waals surface area (Å²) in [5.41, 5.74) is 5.56. The molecule has 0 saturated carbocycles. The molecule has 0 aromatic rings. The minimum Gasteiger partial charge on any atom is -0.383 e. The highest BCUT2D eigenvalue weighted by molar-refractivity contribution is 5.81. The van der Waals surface area contributed by atoms with Gasteiger partial charge < -0.3 is 15.8 Å². The van der Waals surface area contributed by atoms with Crippen molar-refractivity contribution in [2.24, 2.45) is 5.73 Å². The highest BCUT2D eigenvalue weighted by Gasteiger charge is 2.14. The molecule has 2 atom stereocenters. The molecule has 78 valence electrons. The van der Waals surface area contributed by atoms with Crippen LogP contribution in [0.2, 0.25) is 0 Å². The minimum atomic E-state index is -0.397. The zero-order valence-corrected chi connectivity index (χ0v) is 8.67. The number of carbonyl (C=O) groups excluding carboxylic acids is 1. The van der Waals surface area contributed by atoms with Gasteiger partial charge in [-0.05, 0) is 12.8 Å². The lowest BCUT2D eigenvalue weighted by Gasteiger charge is -2.18. The summed E-state index contributed by atoms with van der Waals surface area (Å²) in [5.74, 6) is -0.0913. The fourth-order valence-corrected chi connectivity index (χ4v) is 0.956. The van der Waals surface area contributed by atoms with Crippen LogP contribution in [0.4, 0.5) is 0 Å². The molecule has 0 aromatic heterocycles. The quantitative estimate of drug-likeness (QED) is 0.628. The predicted octanol–water partition coefficient (Wildman–Crippen LogP) is 0.265. The van der Waals surface area contributed by atoms with Gasteiger partial charge in [-0.1, -0.05) is 13.8 Å². The van der Waals surface area contributed by atoms with E-state index in [2.05, 4.69) is 5.32 Å². The van der Waals surface area contributed by atoms with Crippen LogP contribution in [0, 0.1) is 0 Å². The topological polar surface area (TPSA) is 64.3 Å². The number of amides is 1. The van der Waals surface area contributed by atoms with Gasteiger partial charge in [-0.2, -0.15) is 0 Å². The first-order valence-electron chi connectivity index (χ1n) is 4.70. The summed E-state index contributed by atoms with van der Waals surface area (Å²) >= 11 is 0. The summed E-state index contributed by atoms with van der Waals surface area (Å²) in [4.78, 5) is 11.3. The molecule has 13 heavy (non-hydrogen) atoms. The van der Waals surface area contributed by atoms with Crippen molar-refractivity contribution in [3.8, 4) is 0 Å². The Morgan fingerprint density at radius 3 is 2.46 bits per heavy atom. The summed E-state index contributed by atoms with van der Waals surface area (Å²) in [7, 11) is 1.62. The van der Waals surface area contributed by atoms with Gasteiger partial charge in [0.25, 0.3) is 0 Å². The molecule has 0 aliphatic heterocycles. The van der Waals surface area contributed by atoms with Gasteiger partial charge in [0.05, 0.1) is 18.7 Å². The molecule has 4 nitrogen and oxygen atoms in total. The Labute approximate surface area is 79.8 Å². The molecular formula is C9H20N2O2. The number of nitrogens with one attached hydrogen (secondary N) is 1. The van der Waals surface area contributed by atoms with Gasteiger partial charge in [-0.25, -0.2) is 0 Å². The molecule has 4 heteroatoms. The average molecular weight is 188 g/mol. The van der Waals surface area contributed by atoms with Crippen molar-refractivity contribution in [1.82, 2.24) is 5.32 Å². The van der Waals surface area contributed by atoms with E-state index in [-0.39, 0.29) is 11.9 Å². The Hall–Kier alpha value is -0.610. The molecule has 2 unspecified atom stereocenters. The second kappa shape index (κ2) is 6.86. The maximum atomic E-state index is 11.3. The first kappa shape index (κ1) is 12.4. The third kappa shape index (κ3) is 4.85. The van der Waals surface area contributed by atoms with Gasteiger partial charge >= 0.3 is 0 Å². The molecule has 0 radical (unpaired) electrons. The SMILES string of the molecule is CCC(COC)NC(=O)C(N)CC. The van der Waals surface area contributed by atoms with E-state index in [0.717, 1.165) is 6.42 Å². The van der Waals surface area contributed by atoms with Gasteiger partial charge in [0.15, 0.2) is 0 Å². The first-order valence-corrected chi connectivity index (χ1v) is 4.70. The summed E-state index contributed by atoms with van der Waals surface area (Å²) in [6.07, 6.45) is 1.52. The lowest BCUT2D eigenvalue weighted by atomic mass is 10.2. The molecule has 0 spiro atoms. The van der Waals surface area contributed by atoms with Crippen LogP contribution in [0.25, 0.3) is 0 Å². The molecule has 0 aliphatic rings. The van der Waals surface area contributed by atoms with Crippen molar-refractivity contribution in [2.45, 2.75) is 38.8 Å². The molecular weight excluding hydrogens is 168 g/mol. The Morgan fingerprint density at radius 1 is 1.46 bits per heavy atom. The van der Waals surface area contributed by atoms with Gasteiger partial charge in [0.1, 0.15) is 0 Å². The minimum absolute atomic E-state index is 0.0788. The highest BCUT2D eigenvalue weighted by atomic mass is 16.5. The second-order valence-electron chi connectivity index (χ2n) is 3.08. The molecule has 0 aliphatic carbocycles. The monoisotopic (exact) mass is 188 g/mol. The molecule has 0 heterocycles. The zero-order valence-electron chi connectivity index (χ0n) is 8.67. The normalized spacial score (nSPS) is 15.1. The van der Waals surface area contributed by atoms with Crippen molar-refractivity contribution in [3.63, 3.8) is 0 Å². The third-order valence-electron chi connectivity index (χ3n) is 1.98. The Morgan fingerprint density at radius 2 is 2.08 bits per heavy atom. The van der Waals surface area contributed by atoms with Crippen LogP contribution in [0.1, 0.15) is 26.7 Å². The molecule has 3 N–H and O–H groups in total. The lowest BCUT2D eigenvalue weighted by Crippen LogP contribution is -2.46. The van der Waals surface area contributed by atoms with E-state index in [0.29, 0.717) is 13.0 Å². The zero-order chi connectivity index (χ0) is 10.3. The van der Waals surface area contributed by atoms with Gasteiger partial charge in [-0.3, -0.25) is 4.79 Å². The molecule has 1 amide bonds. The smallest absolute Gasteiger partial charge is 0.237 e. The van der Waals surface area contributed by atoms with Gasteiger partial charge in [-0.15, -0.1) is 0 Å². The number of methoxy groups -OCH3 is 1. The van der Waals surface area contributed by atoms with Crippen molar-refractivity contribution in [3.05, 3.63) is 0 Å². The number of carbonyl (C=O) groups is 1. The van der Waals surface area contributed by atoms with Gasteiger partial charge in [0, 0.05) is 7.11 Å². The summed E-state index contributed by atoms with van der Waals surface area (Å²) in [6, 6.07) is -0.319. The van der Waals surface area contributed by atoms with E-state index < -0.39 is 6.04 Å². The number of ether oxygens (including phenoxy) is 1. The van der Waals surface area contributed by atoms with E-state index in [1.54, 1.807) is 7.11 Å². The van der Waals surface area contributed by atoms with E-state index in [9.17, 15) is 4.79 Å². The predicted molar refractivity (Wildman–Crippen MR) is 52.4 cm³/mol. The lowest BCUT2D eigenvalue weighted by molar-refractivity contribution is -0.123. The molecule has 0 fully saturated rings. The van der Waals surface area contributed by atoms with Crippen molar-refractivity contribution in [2.75, 3.05) is 13.7 Å². The molecule has 0 aromatic carbocycles. The van der Waals surface area contributed by atoms with Crippen LogP contribution in [0.3, 0.4) is 0 Å². The number of nitrogens with two attached hydrogens (primary N) is 1. The Balaban J connectivity index is 3.85. The third-order valence-corrected chi connectivity index (χ3v) is 1.98. The van der Waals surface area contributed by atoms with Crippen molar-refractivity contribution in [1.29, 1.82) is 0 Å². The van der Waals surface area contributed by atoms with Gasteiger partial charge in [0.2, 0.25) is 5.91 Å². The number of rotatable bonds is 6. The van der Waals surface area contributed by atoms with E-state index in [1.807, 2.05) is 13.8 Å². The summed E-state index contributed by atoms with van der Waals surface area (Å²) in [6.45, 7) is 4.43. The largest absolute Gasteiger partial charge is 0.383 e. The second-order valence-corrected chi connectivity index (χ2v) is 3.08. The maximum absolute atomic E-state index is 11.3. The van der Waals surface area contributed by atoms with E-state index in [1.165, 1.54) is 0 Å². The average Bonchev–Trinajstić information content (AvgIpc) is 2.15. The fraction of sp³-hybridized carbons (Fsp3) is 0.889.